The van der Waals surface area contributed by atoms with Crippen molar-refractivity contribution >= 4 is 17.8 Å². The van der Waals surface area contributed by atoms with Crippen LogP contribution in [0.3, 0.4) is 0 Å². The first-order valence-corrected chi connectivity index (χ1v) is 10.8. The monoisotopic (exact) mass is 447 g/mol. The number of ether oxygens (including phenoxy) is 1. The van der Waals surface area contributed by atoms with Crippen molar-refractivity contribution in [3.63, 3.8) is 0 Å². The molecule has 0 saturated carbocycles. The Morgan fingerprint density at radius 1 is 1.24 bits per heavy atom. The van der Waals surface area contributed by atoms with E-state index in [0.717, 1.165) is 0 Å². The minimum absolute atomic E-state index is 0.0506. The molecule has 0 radical (unpaired) electrons. The molecule has 1 unspecified atom stereocenters. The molecular weight excluding hydrogens is 422 g/mol. The SMILES string of the molecule is CCOc1ccc(C2C(C(=O)/C=C/c3ccco3)=C(O)C(=O)N2CCCn2ccnc2)cc1. The van der Waals surface area contributed by atoms with Crippen molar-refractivity contribution in [2.75, 3.05) is 13.2 Å². The Balaban J connectivity index is 1.61. The van der Waals surface area contributed by atoms with Crippen molar-refractivity contribution in [3.8, 4) is 5.75 Å². The van der Waals surface area contributed by atoms with E-state index in [1.54, 1.807) is 36.8 Å². The number of imidazole rings is 1. The average Bonchev–Trinajstić information content (AvgIpc) is 3.57. The first-order chi connectivity index (χ1) is 16.1. The second-order valence-corrected chi connectivity index (χ2v) is 7.53. The Bertz CT molecular complexity index is 1150. The predicted octanol–water partition coefficient (Wildman–Crippen LogP) is 3.94. The zero-order valence-electron chi connectivity index (χ0n) is 18.3. The van der Waals surface area contributed by atoms with Crippen LogP contribution in [0.2, 0.25) is 0 Å². The number of carbonyl (C=O) groups excluding carboxylic acids is 2. The van der Waals surface area contributed by atoms with Crippen LogP contribution in [0.15, 0.2) is 83.2 Å². The number of nitrogens with zero attached hydrogens (tertiary/aromatic N) is 3. The Kier molecular flexibility index (Phi) is 6.73. The number of aliphatic hydroxyl groups is 1. The number of ketones is 1. The largest absolute Gasteiger partial charge is 0.503 e. The van der Waals surface area contributed by atoms with Crippen molar-refractivity contribution in [2.24, 2.45) is 0 Å². The van der Waals surface area contributed by atoms with E-state index in [1.807, 2.05) is 29.8 Å². The van der Waals surface area contributed by atoms with Crippen LogP contribution in [0.4, 0.5) is 0 Å². The molecule has 1 atom stereocenters. The number of hydrogen-bond donors (Lipinski definition) is 1. The van der Waals surface area contributed by atoms with Gasteiger partial charge in [-0.05, 0) is 55.3 Å². The lowest BCUT2D eigenvalue weighted by atomic mass is 9.95. The fourth-order valence-corrected chi connectivity index (χ4v) is 3.87. The molecule has 3 aromatic rings. The number of aromatic nitrogens is 2. The summed E-state index contributed by atoms with van der Waals surface area (Å²) in [6.45, 7) is 3.44. The highest BCUT2D eigenvalue weighted by atomic mass is 16.5. The molecule has 0 bridgehead atoms. The highest BCUT2D eigenvalue weighted by Gasteiger charge is 2.42. The van der Waals surface area contributed by atoms with E-state index in [0.29, 0.717) is 43.2 Å². The third-order valence-corrected chi connectivity index (χ3v) is 5.39. The number of hydrogen-bond acceptors (Lipinski definition) is 6. The molecule has 1 aliphatic rings. The Morgan fingerprint density at radius 2 is 2.06 bits per heavy atom. The number of furan rings is 1. The standard InChI is InChI=1S/C25H25N3O5/c1-2-32-20-8-6-18(7-9-20)23-22(21(29)11-10-19-5-3-16-33-19)24(30)25(31)28(23)14-4-13-27-15-12-26-17-27/h3,5-12,15-17,23,30H,2,4,13-14H2,1H3/b11-10+. The minimum atomic E-state index is -0.704. The van der Waals surface area contributed by atoms with Crippen LogP contribution >= 0.6 is 0 Å². The fourth-order valence-electron chi connectivity index (χ4n) is 3.87. The first kappa shape index (κ1) is 22.1. The highest BCUT2D eigenvalue weighted by Crippen LogP contribution is 2.38. The van der Waals surface area contributed by atoms with E-state index in [9.17, 15) is 14.7 Å². The summed E-state index contributed by atoms with van der Waals surface area (Å²) in [5.41, 5.74) is 0.767. The van der Waals surface area contributed by atoms with Crippen molar-refractivity contribution in [3.05, 3.63) is 90.1 Å². The van der Waals surface area contributed by atoms with Crippen molar-refractivity contribution in [2.45, 2.75) is 25.9 Å². The number of allylic oxidation sites excluding steroid dienone is 1. The molecule has 4 rings (SSSR count). The molecule has 3 heterocycles. The molecule has 0 saturated heterocycles. The summed E-state index contributed by atoms with van der Waals surface area (Å²) < 4.78 is 12.7. The van der Waals surface area contributed by atoms with Crippen LogP contribution in [0.25, 0.3) is 6.08 Å². The molecule has 0 fully saturated rings. The Hall–Kier alpha value is -4.07. The third-order valence-electron chi connectivity index (χ3n) is 5.39. The summed E-state index contributed by atoms with van der Waals surface area (Å²) in [5.74, 6) is -0.341. The second-order valence-electron chi connectivity index (χ2n) is 7.53. The summed E-state index contributed by atoms with van der Waals surface area (Å²) in [6, 6.07) is 9.94. The van der Waals surface area contributed by atoms with E-state index in [2.05, 4.69) is 4.98 Å². The summed E-state index contributed by atoms with van der Waals surface area (Å²) in [7, 11) is 0. The van der Waals surface area contributed by atoms with Crippen LogP contribution in [0.5, 0.6) is 5.75 Å². The lowest BCUT2D eigenvalue weighted by Gasteiger charge is -2.27. The van der Waals surface area contributed by atoms with Gasteiger partial charge in [0.15, 0.2) is 11.5 Å². The van der Waals surface area contributed by atoms with E-state index in [-0.39, 0.29) is 5.57 Å². The van der Waals surface area contributed by atoms with Gasteiger partial charge in [0.1, 0.15) is 11.5 Å². The Morgan fingerprint density at radius 3 is 2.73 bits per heavy atom. The van der Waals surface area contributed by atoms with E-state index in [1.165, 1.54) is 23.3 Å². The number of carbonyl (C=O) groups is 2. The van der Waals surface area contributed by atoms with Gasteiger partial charge in [-0.25, -0.2) is 4.98 Å². The lowest BCUT2D eigenvalue weighted by molar-refractivity contribution is -0.129. The topological polar surface area (TPSA) is 97.8 Å². The van der Waals surface area contributed by atoms with Gasteiger partial charge in [0.05, 0.1) is 30.8 Å². The van der Waals surface area contributed by atoms with Gasteiger partial charge in [-0.15, -0.1) is 0 Å². The molecule has 33 heavy (non-hydrogen) atoms. The third kappa shape index (κ3) is 4.90. The fraction of sp³-hybridized carbons (Fsp3) is 0.240. The predicted molar refractivity (Wildman–Crippen MR) is 121 cm³/mol. The molecule has 8 heteroatoms. The molecule has 1 N–H and O–H groups in total. The summed E-state index contributed by atoms with van der Waals surface area (Å²) in [6.07, 6.45) is 10.2. The zero-order chi connectivity index (χ0) is 23.2. The molecule has 1 aliphatic heterocycles. The lowest BCUT2D eigenvalue weighted by Crippen LogP contribution is -2.32. The second kappa shape index (κ2) is 10.0. The number of aryl methyl sites for hydroxylation is 1. The molecule has 1 aromatic carbocycles. The molecular formula is C25H25N3O5. The number of benzene rings is 1. The molecule has 1 amide bonds. The van der Waals surface area contributed by atoms with Crippen LogP contribution in [0, 0.1) is 0 Å². The maximum atomic E-state index is 13.1. The molecule has 0 aliphatic carbocycles. The smallest absolute Gasteiger partial charge is 0.290 e. The summed E-state index contributed by atoms with van der Waals surface area (Å²) in [4.78, 5) is 31.6. The van der Waals surface area contributed by atoms with Gasteiger partial charge >= 0.3 is 0 Å². The maximum Gasteiger partial charge on any atom is 0.290 e. The van der Waals surface area contributed by atoms with Crippen LogP contribution < -0.4 is 4.74 Å². The van der Waals surface area contributed by atoms with Gasteiger partial charge in [-0.1, -0.05) is 12.1 Å². The van der Waals surface area contributed by atoms with E-state index < -0.39 is 23.5 Å². The van der Waals surface area contributed by atoms with Crippen LogP contribution in [0.1, 0.15) is 30.7 Å². The molecule has 170 valence electrons. The first-order valence-electron chi connectivity index (χ1n) is 10.8. The van der Waals surface area contributed by atoms with Crippen LogP contribution in [-0.2, 0) is 16.1 Å². The maximum absolute atomic E-state index is 13.1. The van der Waals surface area contributed by atoms with Crippen molar-refractivity contribution in [1.82, 2.24) is 14.5 Å². The van der Waals surface area contributed by atoms with E-state index >= 15 is 0 Å². The molecule has 0 spiro atoms. The summed E-state index contributed by atoms with van der Waals surface area (Å²) in [5, 5.41) is 10.7. The number of aliphatic hydroxyl groups excluding tert-OH is 1. The minimum Gasteiger partial charge on any atom is -0.503 e. The van der Waals surface area contributed by atoms with Gasteiger partial charge in [-0.2, -0.15) is 0 Å². The summed E-state index contributed by atoms with van der Waals surface area (Å²) >= 11 is 0. The van der Waals surface area contributed by atoms with Crippen LogP contribution in [-0.4, -0.2) is 44.4 Å². The van der Waals surface area contributed by atoms with Gasteiger partial charge in [0.2, 0.25) is 0 Å². The average molecular weight is 447 g/mol. The normalized spacial score (nSPS) is 16.2. The van der Waals surface area contributed by atoms with E-state index in [4.69, 9.17) is 9.15 Å². The highest BCUT2D eigenvalue weighted by molar-refractivity contribution is 6.14. The van der Waals surface area contributed by atoms with Gasteiger partial charge < -0.3 is 23.7 Å². The Labute approximate surface area is 191 Å². The van der Waals surface area contributed by atoms with Gasteiger partial charge in [0, 0.05) is 25.5 Å². The van der Waals surface area contributed by atoms with Gasteiger partial charge in [0.25, 0.3) is 5.91 Å². The molecule has 2 aromatic heterocycles. The quantitative estimate of drug-likeness (QED) is 0.473. The number of rotatable bonds is 10. The van der Waals surface area contributed by atoms with Crippen molar-refractivity contribution in [1.29, 1.82) is 0 Å². The zero-order valence-corrected chi connectivity index (χ0v) is 18.3. The van der Waals surface area contributed by atoms with Crippen molar-refractivity contribution < 1.29 is 23.8 Å². The number of amides is 1. The molecule has 8 nitrogen and oxygen atoms in total. The van der Waals surface area contributed by atoms with Gasteiger partial charge in [-0.3, -0.25) is 9.59 Å².